The van der Waals surface area contributed by atoms with Gasteiger partial charge in [0.15, 0.2) is 0 Å². The van der Waals surface area contributed by atoms with Gasteiger partial charge in [-0.1, -0.05) is 58.4 Å². The van der Waals surface area contributed by atoms with E-state index in [9.17, 15) is 4.79 Å². The Labute approximate surface area is 127 Å². The van der Waals surface area contributed by atoms with Crippen molar-refractivity contribution in [1.29, 1.82) is 0 Å². The zero-order chi connectivity index (χ0) is 14.1. The lowest BCUT2D eigenvalue weighted by Crippen LogP contribution is -2.28. The fourth-order valence-electron chi connectivity index (χ4n) is 3.07. The predicted octanol–water partition coefficient (Wildman–Crippen LogP) is 4.14. The van der Waals surface area contributed by atoms with Crippen molar-refractivity contribution in [3.05, 3.63) is 48.0 Å². The molecule has 0 aromatic heterocycles. The summed E-state index contributed by atoms with van der Waals surface area (Å²) in [7, 11) is 0. The van der Waals surface area contributed by atoms with Crippen molar-refractivity contribution in [3.8, 4) is 0 Å². The number of fused-ring (bicyclic) bond motifs is 1. The van der Waals surface area contributed by atoms with E-state index < -0.39 is 0 Å². The summed E-state index contributed by atoms with van der Waals surface area (Å²) >= 11 is 3.50. The highest BCUT2D eigenvalue weighted by Crippen LogP contribution is 2.32. The number of likely N-dealkylation sites (tertiary alicyclic amines) is 1. The van der Waals surface area contributed by atoms with Gasteiger partial charge in [0.05, 0.1) is 6.04 Å². The molecule has 1 amide bonds. The van der Waals surface area contributed by atoms with Gasteiger partial charge >= 0.3 is 0 Å². The highest BCUT2D eigenvalue weighted by atomic mass is 79.9. The second-order valence-corrected chi connectivity index (χ2v) is 6.16. The quantitative estimate of drug-likeness (QED) is 0.774. The summed E-state index contributed by atoms with van der Waals surface area (Å²) in [6.07, 6.45) is 0.667. The molecule has 2 aromatic rings. The summed E-state index contributed by atoms with van der Waals surface area (Å²) in [6, 6.07) is 14.9. The van der Waals surface area contributed by atoms with Crippen molar-refractivity contribution < 1.29 is 4.79 Å². The van der Waals surface area contributed by atoms with Crippen LogP contribution in [-0.4, -0.2) is 22.7 Å². The first-order valence-corrected chi connectivity index (χ1v) is 8.16. The zero-order valence-electron chi connectivity index (χ0n) is 11.6. The molecule has 0 bridgehead atoms. The molecule has 1 fully saturated rings. The summed E-state index contributed by atoms with van der Waals surface area (Å²) < 4.78 is 0. The van der Waals surface area contributed by atoms with E-state index in [1.54, 1.807) is 0 Å². The Bertz CT molecular complexity index is 634. The van der Waals surface area contributed by atoms with E-state index in [4.69, 9.17) is 0 Å². The smallest absolute Gasteiger partial charge is 0.223 e. The lowest BCUT2D eigenvalue weighted by molar-refractivity contribution is -0.129. The second-order valence-electron chi connectivity index (χ2n) is 5.51. The van der Waals surface area contributed by atoms with Crippen LogP contribution >= 0.6 is 15.9 Å². The van der Waals surface area contributed by atoms with Gasteiger partial charge in [0.2, 0.25) is 5.91 Å². The SMILES string of the molecule is CC(c1cccc2ccccc12)N1CC(CBr)CC1=O. The van der Waals surface area contributed by atoms with Crippen molar-refractivity contribution in [2.45, 2.75) is 19.4 Å². The van der Waals surface area contributed by atoms with E-state index in [2.05, 4.69) is 65.3 Å². The van der Waals surface area contributed by atoms with Crippen molar-refractivity contribution in [3.63, 3.8) is 0 Å². The van der Waals surface area contributed by atoms with Gasteiger partial charge in [-0.2, -0.15) is 0 Å². The lowest BCUT2D eigenvalue weighted by Gasteiger charge is -2.26. The van der Waals surface area contributed by atoms with Crippen LogP contribution in [0.3, 0.4) is 0 Å². The van der Waals surface area contributed by atoms with Crippen molar-refractivity contribution in [2.24, 2.45) is 5.92 Å². The van der Waals surface area contributed by atoms with E-state index in [0.29, 0.717) is 12.3 Å². The lowest BCUT2D eigenvalue weighted by atomic mass is 9.99. The van der Waals surface area contributed by atoms with Crippen LogP contribution in [0.25, 0.3) is 10.8 Å². The fraction of sp³-hybridized carbons (Fsp3) is 0.353. The van der Waals surface area contributed by atoms with E-state index >= 15 is 0 Å². The second kappa shape index (κ2) is 5.57. The van der Waals surface area contributed by atoms with Gasteiger partial charge in [0, 0.05) is 18.3 Å². The first-order valence-electron chi connectivity index (χ1n) is 7.04. The maximum Gasteiger partial charge on any atom is 0.223 e. The molecule has 1 aliphatic rings. The van der Waals surface area contributed by atoms with E-state index in [-0.39, 0.29) is 11.9 Å². The number of hydrogen-bond acceptors (Lipinski definition) is 1. The van der Waals surface area contributed by atoms with Crippen LogP contribution in [0.5, 0.6) is 0 Å². The minimum Gasteiger partial charge on any atom is -0.336 e. The molecule has 3 heteroatoms. The Morgan fingerprint density at radius 1 is 1.25 bits per heavy atom. The number of hydrogen-bond donors (Lipinski definition) is 0. The Morgan fingerprint density at radius 2 is 2.00 bits per heavy atom. The molecule has 1 heterocycles. The van der Waals surface area contributed by atoms with Crippen LogP contribution in [0.1, 0.15) is 24.9 Å². The molecule has 2 atom stereocenters. The number of carbonyl (C=O) groups excluding carboxylic acids is 1. The van der Waals surface area contributed by atoms with Gasteiger partial charge in [0.25, 0.3) is 0 Å². The number of benzene rings is 2. The van der Waals surface area contributed by atoms with Gasteiger partial charge in [-0.15, -0.1) is 0 Å². The third kappa shape index (κ3) is 2.35. The standard InChI is InChI=1S/C17H18BrNO/c1-12(19-11-13(10-18)9-17(19)20)15-8-4-6-14-5-2-3-7-16(14)15/h2-8,12-13H,9-11H2,1H3. The van der Waals surface area contributed by atoms with Gasteiger partial charge in [0.1, 0.15) is 0 Å². The number of amides is 1. The monoisotopic (exact) mass is 331 g/mol. The van der Waals surface area contributed by atoms with Crippen molar-refractivity contribution in [2.75, 3.05) is 11.9 Å². The molecule has 2 unspecified atom stereocenters. The maximum absolute atomic E-state index is 12.2. The third-order valence-electron chi connectivity index (χ3n) is 4.20. The molecule has 1 saturated heterocycles. The number of rotatable bonds is 3. The highest BCUT2D eigenvalue weighted by Gasteiger charge is 2.32. The molecule has 2 aromatic carbocycles. The van der Waals surface area contributed by atoms with Crippen molar-refractivity contribution in [1.82, 2.24) is 4.90 Å². The average Bonchev–Trinajstić information content (AvgIpc) is 2.87. The molecular weight excluding hydrogens is 314 g/mol. The summed E-state index contributed by atoms with van der Waals surface area (Å²) in [5.74, 6) is 0.717. The Hall–Kier alpha value is -1.35. The summed E-state index contributed by atoms with van der Waals surface area (Å²) in [6.45, 7) is 2.99. The molecule has 20 heavy (non-hydrogen) atoms. The van der Waals surface area contributed by atoms with E-state index in [1.807, 2.05) is 4.90 Å². The number of carbonyl (C=O) groups is 1. The minimum absolute atomic E-state index is 0.137. The summed E-state index contributed by atoms with van der Waals surface area (Å²) in [5, 5.41) is 3.38. The first-order chi connectivity index (χ1) is 9.70. The zero-order valence-corrected chi connectivity index (χ0v) is 13.1. The van der Waals surface area contributed by atoms with Crippen LogP contribution in [0.4, 0.5) is 0 Å². The third-order valence-corrected chi connectivity index (χ3v) is 5.11. The number of alkyl halides is 1. The van der Waals surface area contributed by atoms with E-state index in [1.165, 1.54) is 16.3 Å². The summed E-state index contributed by atoms with van der Waals surface area (Å²) in [4.78, 5) is 14.2. The number of halogens is 1. The van der Waals surface area contributed by atoms with Gasteiger partial charge in [-0.25, -0.2) is 0 Å². The molecule has 0 aliphatic carbocycles. The largest absolute Gasteiger partial charge is 0.336 e. The van der Waals surface area contributed by atoms with E-state index in [0.717, 1.165) is 11.9 Å². The molecule has 1 aliphatic heterocycles. The van der Waals surface area contributed by atoms with Crippen LogP contribution in [0, 0.1) is 5.92 Å². The Kier molecular flexibility index (Phi) is 3.79. The normalized spacial score (nSPS) is 20.6. The highest BCUT2D eigenvalue weighted by molar-refractivity contribution is 9.09. The fourth-order valence-corrected chi connectivity index (χ4v) is 3.50. The Balaban J connectivity index is 1.97. The van der Waals surface area contributed by atoms with Crippen LogP contribution in [0.2, 0.25) is 0 Å². The molecule has 0 N–H and O–H groups in total. The van der Waals surface area contributed by atoms with Gasteiger partial charge < -0.3 is 4.90 Å². The van der Waals surface area contributed by atoms with Crippen molar-refractivity contribution >= 4 is 32.6 Å². The molecular formula is C17H18BrNO. The number of nitrogens with zero attached hydrogens (tertiary/aromatic N) is 1. The van der Waals surface area contributed by atoms with Crippen LogP contribution in [0.15, 0.2) is 42.5 Å². The molecule has 0 spiro atoms. The molecule has 0 saturated carbocycles. The minimum atomic E-state index is 0.137. The Morgan fingerprint density at radius 3 is 2.75 bits per heavy atom. The molecule has 2 nitrogen and oxygen atoms in total. The predicted molar refractivity (Wildman–Crippen MR) is 86.0 cm³/mol. The average molecular weight is 332 g/mol. The first kappa shape index (κ1) is 13.6. The molecule has 3 rings (SSSR count). The van der Waals surface area contributed by atoms with Gasteiger partial charge in [-0.05, 0) is 29.2 Å². The van der Waals surface area contributed by atoms with Crippen LogP contribution in [-0.2, 0) is 4.79 Å². The molecule has 104 valence electrons. The summed E-state index contributed by atoms with van der Waals surface area (Å²) in [5.41, 5.74) is 1.24. The van der Waals surface area contributed by atoms with Gasteiger partial charge in [-0.3, -0.25) is 4.79 Å². The van der Waals surface area contributed by atoms with Crippen LogP contribution < -0.4 is 0 Å². The topological polar surface area (TPSA) is 20.3 Å². The molecule has 0 radical (unpaired) electrons. The maximum atomic E-state index is 12.2.